The summed E-state index contributed by atoms with van der Waals surface area (Å²) in [5.74, 6) is 0. The van der Waals surface area contributed by atoms with E-state index in [1.807, 2.05) is 0 Å². The van der Waals surface area contributed by atoms with Gasteiger partial charge in [-0.25, -0.2) is 9.78 Å². The van der Waals surface area contributed by atoms with Crippen LogP contribution in [0.25, 0.3) is 0 Å². The van der Waals surface area contributed by atoms with Gasteiger partial charge < -0.3 is 5.73 Å². The van der Waals surface area contributed by atoms with Crippen molar-refractivity contribution in [2.75, 3.05) is 0 Å². The van der Waals surface area contributed by atoms with E-state index in [-0.39, 0.29) is 12.1 Å². The Morgan fingerprint density at radius 1 is 1.37 bits per heavy atom. The van der Waals surface area contributed by atoms with Crippen LogP contribution < -0.4 is 5.73 Å². The van der Waals surface area contributed by atoms with Crippen molar-refractivity contribution in [2.45, 2.75) is 12.6 Å². The van der Waals surface area contributed by atoms with E-state index in [0.29, 0.717) is 5.56 Å². The van der Waals surface area contributed by atoms with E-state index in [1.54, 1.807) is 0 Å². The van der Waals surface area contributed by atoms with Gasteiger partial charge in [0.05, 0.1) is 6.20 Å². The normalized spacial score (nSPS) is 11.5. The number of pyridine rings is 1. The molecule has 5 nitrogen and oxygen atoms in total. The maximum Gasteiger partial charge on any atom is 0.433 e. The lowest BCUT2D eigenvalue weighted by atomic mass is 10.2. The second kappa shape index (κ2) is 4.71. The summed E-state index contributed by atoms with van der Waals surface area (Å²) < 4.78 is 38.3. The van der Waals surface area contributed by atoms with Gasteiger partial charge in [0.25, 0.3) is 0 Å². The molecule has 0 fully saturated rings. The van der Waals surface area contributed by atoms with Gasteiger partial charge in [0, 0.05) is 18.3 Å². The van der Waals surface area contributed by atoms with Gasteiger partial charge in [-0.2, -0.15) is 23.0 Å². The fourth-order valence-electron chi connectivity index (χ4n) is 1.52. The van der Waals surface area contributed by atoms with E-state index in [4.69, 9.17) is 5.73 Å². The van der Waals surface area contributed by atoms with Crippen molar-refractivity contribution in [3.8, 4) is 0 Å². The maximum absolute atomic E-state index is 12.5. The zero-order valence-electron chi connectivity index (χ0n) is 9.55. The van der Waals surface area contributed by atoms with Gasteiger partial charge in [-0.1, -0.05) is 6.07 Å². The average Bonchev–Trinajstić information content (AvgIpc) is 2.77. The number of alkyl halides is 3. The molecule has 0 unspecified atom stereocenters. The van der Waals surface area contributed by atoms with Crippen molar-refractivity contribution in [3.05, 3.63) is 47.5 Å². The Balaban J connectivity index is 2.21. The van der Waals surface area contributed by atoms with Gasteiger partial charge in [0.1, 0.15) is 5.69 Å². The van der Waals surface area contributed by atoms with Gasteiger partial charge in [-0.3, -0.25) is 0 Å². The molecule has 2 rings (SSSR count). The highest BCUT2D eigenvalue weighted by Crippen LogP contribution is 2.27. The summed E-state index contributed by atoms with van der Waals surface area (Å²) in [5.41, 5.74) is 4.83. The van der Waals surface area contributed by atoms with Crippen LogP contribution in [0.15, 0.2) is 30.6 Å². The number of nitrogens with zero attached hydrogens (tertiary/aromatic N) is 3. The molecule has 0 saturated heterocycles. The van der Waals surface area contributed by atoms with E-state index in [0.717, 1.165) is 10.7 Å². The third kappa shape index (κ3) is 3.09. The molecule has 2 aromatic rings. The molecule has 0 radical (unpaired) electrons. The Hall–Kier alpha value is -2.38. The summed E-state index contributed by atoms with van der Waals surface area (Å²) in [5, 5.41) is 3.68. The second-order valence-corrected chi connectivity index (χ2v) is 3.82. The largest absolute Gasteiger partial charge is 0.433 e. The fraction of sp³-hybridized carbons (Fsp3) is 0.182. The summed E-state index contributed by atoms with van der Waals surface area (Å²) in [6.07, 6.45) is -1.64. The Kier molecular flexibility index (Phi) is 3.24. The quantitative estimate of drug-likeness (QED) is 0.904. The molecule has 2 aromatic heterocycles. The lowest BCUT2D eigenvalue weighted by Crippen LogP contribution is -2.19. The van der Waals surface area contributed by atoms with Crippen molar-refractivity contribution in [1.82, 2.24) is 14.8 Å². The molecule has 19 heavy (non-hydrogen) atoms. The van der Waals surface area contributed by atoms with Crippen molar-refractivity contribution < 1.29 is 18.0 Å². The topological polar surface area (TPSA) is 73.8 Å². The van der Waals surface area contributed by atoms with Gasteiger partial charge in [0.2, 0.25) is 0 Å². The lowest BCUT2D eigenvalue weighted by Gasteiger charge is -2.06. The van der Waals surface area contributed by atoms with Crippen LogP contribution in [-0.2, 0) is 12.6 Å². The van der Waals surface area contributed by atoms with Gasteiger partial charge in [-0.15, -0.1) is 0 Å². The van der Waals surface area contributed by atoms with E-state index < -0.39 is 17.9 Å². The third-order valence-electron chi connectivity index (χ3n) is 2.34. The Morgan fingerprint density at radius 3 is 2.68 bits per heavy atom. The molecule has 1 amide bonds. The number of nitrogens with two attached hydrogens (primary N) is 1. The number of rotatable bonds is 2. The van der Waals surface area contributed by atoms with Gasteiger partial charge >= 0.3 is 12.2 Å². The van der Waals surface area contributed by atoms with Crippen LogP contribution in [-0.4, -0.2) is 20.8 Å². The first-order valence-corrected chi connectivity index (χ1v) is 5.23. The zero-order valence-corrected chi connectivity index (χ0v) is 9.55. The van der Waals surface area contributed by atoms with Crippen LogP contribution in [0.2, 0.25) is 0 Å². The van der Waals surface area contributed by atoms with Crippen molar-refractivity contribution >= 4 is 6.03 Å². The molecule has 0 aromatic carbocycles. The van der Waals surface area contributed by atoms with Crippen LogP contribution in [0.3, 0.4) is 0 Å². The molecule has 100 valence electrons. The van der Waals surface area contributed by atoms with Crippen LogP contribution in [0.4, 0.5) is 18.0 Å². The fourth-order valence-corrected chi connectivity index (χ4v) is 1.52. The molecule has 0 aliphatic carbocycles. The van der Waals surface area contributed by atoms with Crippen LogP contribution in [0, 0.1) is 0 Å². The number of hydrogen-bond acceptors (Lipinski definition) is 3. The van der Waals surface area contributed by atoms with Gasteiger partial charge in [-0.05, 0) is 17.7 Å². The molecule has 0 bridgehead atoms. The van der Waals surface area contributed by atoms with E-state index in [9.17, 15) is 18.0 Å². The molecule has 2 N–H and O–H groups in total. The monoisotopic (exact) mass is 270 g/mol. The number of amides is 1. The molecule has 2 heterocycles. The molecular weight excluding hydrogens is 261 g/mol. The smallest absolute Gasteiger partial charge is 0.350 e. The first kappa shape index (κ1) is 13.1. The minimum Gasteiger partial charge on any atom is -0.350 e. The SMILES string of the molecule is NC(=O)n1cc(Cc2cccc(C(F)(F)F)n2)cn1. The molecule has 0 aliphatic heterocycles. The number of aromatic nitrogens is 3. The first-order chi connectivity index (χ1) is 8.86. The van der Waals surface area contributed by atoms with Crippen LogP contribution in [0.1, 0.15) is 17.0 Å². The molecular formula is C11H9F3N4O. The number of carbonyl (C=O) groups is 1. The van der Waals surface area contributed by atoms with Crippen LogP contribution >= 0.6 is 0 Å². The number of primary amides is 1. The Bertz CT molecular complexity index is 606. The lowest BCUT2D eigenvalue weighted by molar-refractivity contribution is -0.141. The Labute approximate surface area is 105 Å². The third-order valence-corrected chi connectivity index (χ3v) is 2.34. The molecule has 0 spiro atoms. The predicted molar refractivity (Wildman–Crippen MR) is 59.3 cm³/mol. The van der Waals surface area contributed by atoms with Gasteiger partial charge in [0.15, 0.2) is 0 Å². The number of halogens is 3. The first-order valence-electron chi connectivity index (χ1n) is 5.23. The summed E-state index contributed by atoms with van der Waals surface area (Å²) in [4.78, 5) is 14.3. The highest BCUT2D eigenvalue weighted by molar-refractivity contribution is 5.73. The van der Waals surface area contributed by atoms with E-state index in [2.05, 4.69) is 10.1 Å². The van der Waals surface area contributed by atoms with E-state index in [1.165, 1.54) is 24.5 Å². The summed E-state index contributed by atoms with van der Waals surface area (Å²) in [7, 11) is 0. The van der Waals surface area contributed by atoms with Crippen molar-refractivity contribution in [2.24, 2.45) is 5.73 Å². The average molecular weight is 270 g/mol. The molecule has 8 heteroatoms. The molecule has 0 aliphatic rings. The van der Waals surface area contributed by atoms with Crippen molar-refractivity contribution in [1.29, 1.82) is 0 Å². The summed E-state index contributed by atoms with van der Waals surface area (Å²) in [6.45, 7) is 0. The maximum atomic E-state index is 12.5. The molecule has 0 atom stereocenters. The standard InChI is InChI=1S/C11H9F3N4O/c12-11(13,14)9-3-1-2-8(17-9)4-7-5-16-18(6-7)10(15)19/h1-3,5-6H,4H2,(H2,15,19). The second-order valence-electron chi connectivity index (χ2n) is 3.82. The highest BCUT2D eigenvalue weighted by atomic mass is 19.4. The van der Waals surface area contributed by atoms with Crippen molar-refractivity contribution in [3.63, 3.8) is 0 Å². The zero-order chi connectivity index (χ0) is 14.0. The predicted octanol–water partition coefficient (Wildman–Crippen LogP) is 1.81. The molecule has 0 saturated carbocycles. The highest BCUT2D eigenvalue weighted by Gasteiger charge is 2.32. The van der Waals surface area contributed by atoms with Crippen LogP contribution in [0.5, 0.6) is 0 Å². The summed E-state index contributed by atoms with van der Waals surface area (Å²) in [6, 6.07) is 2.89. The van der Waals surface area contributed by atoms with E-state index >= 15 is 0 Å². The minimum absolute atomic E-state index is 0.136. The number of carbonyl (C=O) groups excluding carboxylic acids is 1. The number of hydrogen-bond donors (Lipinski definition) is 1. The Morgan fingerprint density at radius 2 is 2.11 bits per heavy atom. The summed E-state index contributed by atoms with van der Waals surface area (Å²) >= 11 is 0. The minimum atomic E-state index is -4.48.